The van der Waals surface area contributed by atoms with Crippen molar-refractivity contribution in [2.24, 2.45) is 0 Å². The molecule has 0 radical (unpaired) electrons. The van der Waals surface area contributed by atoms with E-state index in [0.717, 1.165) is 6.26 Å². The molecule has 0 aliphatic rings. The summed E-state index contributed by atoms with van der Waals surface area (Å²) in [6, 6.07) is 5.76. The first-order chi connectivity index (χ1) is 9.79. The van der Waals surface area contributed by atoms with Gasteiger partial charge in [-0.25, -0.2) is 8.42 Å². The molecule has 0 aliphatic carbocycles. The van der Waals surface area contributed by atoms with Gasteiger partial charge in [-0.3, -0.25) is 9.59 Å². The highest BCUT2D eigenvalue weighted by Crippen LogP contribution is 2.13. The second-order valence-corrected chi connectivity index (χ2v) is 6.44. The molecule has 0 spiro atoms. The first-order valence-corrected chi connectivity index (χ1v) is 8.43. The molecule has 0 aromatic heterocycles. The van der Waals surface area contributed by atoms with E-state index >= 15 is 0 Å². The maximum absolute atomic E-state index is 12.3. The summed E-state index contributed by atoms with van der Waals surface area (Å²) in [5.74, 6) is -0.900. The van der Waals surface area contributed by atoms with E-state index in [4.69, 9.17) is 4.74 Å². The molecule has 0 bridgehead atoms. The average molecular weight is 313 g/mol. The van der Waals surface area contributed by atoms with E-state index in [9.17, 15) is 18.0 Å². The van der Waals surface area contributed by atoms with Gasteiger partial charge in [0.15, 0.2) is 9.84 Å². The minimum atomic E-state index is -3.39. The highest BCUT2D eigenvalue weighted by atomic mass is 32.2. The Morgan fingerprint density at radius 1 is 1.24 bits per heavy atom. The molecule has 0 fully saturated rings. The lowest BCUT2D eigenvalue weighted by atomic mass is 10.2. The summed E-state index contributed by atoms with van der Waals surface area (Å²) >= 11 is 0. The first kappa shape index (κ1) is 17.2. The van der Waals surface area contributed by atoms with Gasteiger partial charge < -0.3 is 9.64 Å². The van der Waals surface area contributed by atoms with E-state index in [2.05, 4.69) is 0 Å². The van der Waals surface area contributed by atoms with Crippen LogP contribution in [0.25, 0.3) is 0 Å². The predicted molar refractivity (Wildman–Crippen MR) is 77.8 cm³/mol. The number of likely N-dealkylation sites (N-methyl/N-ethyl adjacent to an activating group) is 1. The summed E-state index contributed by atoms with van der Waals surface area (Å²) in [5.41, 5.74) is 0.226. The lowest BCUT2D eigenvalue weighted by Gasteiger charge is -2.20. The van der Waals surface area contributed by atoms with Gasteiger partial charge in [0.1, 0.15) is 6.54 Å². The molecule has 0 heterocycles. The van der Waals surface area contributed by atoms with Crippen molar-refractivity contribution >= 4 is 21.7 Å². The zero-order valence-corrected chi connectivity index (χ0v) is 13.1. The van der Waals surface area contributed by atoms with Gasteiger partial charge in [-0.15, -0.1) is 0 Å². The van der Waals surface area contributed by atoms with Crippen LogP contribution < -0.4 is 0 Å². The molecule has 21 heavy (non-hydrogen) atoms. The number of benzene rings is 1. The van der Waals surface area contributed by atoms with Gasteiger partial charge >= 0.3 is 5.97 Å². The minimum absolute atomic E-state index is 0.0699. The molecular formula is C14H19NO5S. The minimum Gasteiger partial charge on any atom is -0.465 e. The van der Waals surface area contributed by atoms with Crippen LogP contribution in [0.2, 0.25) is 0 Å². The largest absolute Gasteiger partial charge is 0.465 e. The lowest BCUT2D eigenvalue weighted by molar-refractivity contribution is -0.143. The first-order valence-electron chi connectivity index (χ1n) is 6.54. The fraction of sp³-hybridized carbons (Fsp3) is 0.429. The Balaban J connectivity index is 2.98. The molecule has 0 atom stereocenters. The number of rotatable bonds is 6. The van der Waals surface area contributed by atoms with E-state index in [0.29, 0.717) is 6.54 Å². The Labute approximate surface area is 124 Å². The maximum atomic E-state index is 12.3. The van der Waals surface area contributed by atoms with Gasteiger partial charge in [0.05, 0.1) is 11.5 Å². The summed E-state index contributed by atoms with van der Waals surface area (Å²) in [6.07, 6.45) is 1.08. The third-order valence-corrected chi connectivity index (χ3v) is 3.91. The van der Waals surface area contributed by atoms with Crippen molar-refractivity contribution in [3.05, 3.63) is 29.8 Å². The zero-order valence-electron chi connectivity index (χ0n) is 12.3. The van der Waals surface area contributed by atoms with E-state index < -0.39 is 21.7 Å². The van der Waals surface area contributed by atoms with Crippen LogP contribution in [0.3, 0.4) is 0 Å². The molecule has 0 N–H and O–H groups in total. The standard InChI is InChI=1S/C14H19NO5S/c1-4-15(10-13(16)20-5-2)14(17)11-7-6-8-12(9-11)21(3,18)19/h6-9H,4-5,10H2,1-3H3. The summed E-state index contributed by atoms with van der Waals surface area (Å²) in [5, 5.41) is 0. The van der Waals surface area contributed by atoms with Gasteiger partial charge in [-0.2, -0.15) is 0 Å². The molecule has 0 unspecified atom stereocenters. The van der Waals surface area contributed by atoms with Crippen molar-refractivity contribution in [1.29, 1.82) is 0 Å². The van der Waals surface area contributed by atoms with Gasteiger partial charge in [0, 0.05) is 18.4 Å². The number of esters is 1. The molecule has 0 saturated heterocycles. The van der Waals surface area contributed by atoms with Crippen molar-refractivity contribution < 1.29 is 22.7 Å². The van der Waals surface area contributed by atoms with Gasteiger partial charge in [0.25, 0.3) is 5.91 Å². The molecule has 0 aliphatic heterocycles. The van der Waals surface area contributed by atoms with Crippen LogP contribution in [0.5, 0.6) is 0 Å². The van der Waals surface area contributed by atoms with E-state index in [-0.39, 0.29) is 23.6 Å². The Morgan fingerprint density at radius 3 is 2.43 bits per heavy atom. The lowest BCUT2D eigenvalue weighted by Crippen LogP contribution is -2.36. The fourth-order valence-corrected chi connectivity index (χ4v) is 2.40. The van der Waals surface area contributed by atoms with Crippen molar-refractivity contribution in [1.82, 2.24) is 4.90 Å². The highest BCUT2D eigenvalue weighted by molar-refractivity contribution is 7.90. The molecule has 1 amide bonds. The third-order valence-electron chi connectivity index (χ3n) is 2.80. The van der Waals surface area contributed by atoms with Crippen LogP contribution >= 0.6 is 0 Å². The topological polar surface area (TPSA) is 80.8 Å². The quantitative estimate of drug-likeness (QED) is 0.735. The van der Waals surface area contributed by atoms with Crippen LogP contribution in [-0.4, -0.2) is 51.1 Å². The number of hydrogen-bond donors (Lipinski definition) is 0. The molecule has 116 valence electrons. The van der Waals surface area contributed by atoms with Crippen LogP contribution in [0, 0.1) is 0 Å². The number of ether oxygens (including phenoxy) is 1. The molecular weight excluding hydrogens is 294 g/mol. The number of amides is 1. The molecule has 1 rings (SSSR count). The molecule has 1 aromatic rings. The monoisotopic (exact) mass is 313 g/mol. The summed E-state index contributed by atoms with van der Waals surface area (Å²) in [4.78, 5) is 25.2. The molecule has 6 nitrogen and oxygen atoms in total. The van der Waals surface area contributed by atoms with E-state index in [1.165, 1.54) is 29.2 Å². The number of nitrogens with zero attached hydrogens (tertiary/aromatic N) is 1. The van der Waals surface area contributed by atoms with E-state index in [1.54, 1.807) is 13.8 Å². The van der Waals surface area contributed by atoms with Crippen LogP contribution in [0.4, 0.5) is 0 Å². The third kappa shape index (κ3) is 4.86. The average Bonchev–Trinajstić information content (AvgIpc) is 2.43. The smallest absolute Gasteiger partial charge is 0.325 e. The van der Waals surface area contributed by atoms with Crippen LogP contribution in [-0.2, 0) is 19.4 Å². The summed E-state index contributed by atoms with van der Waals surface area (Å²) in [7, 11) is -3.39. The summed E-state index contributed by atoms with van der Waals surface area (Å²) < 4.78 is 27.8. The second kappa shape index (κ2) is 7.21. The number of carbonyl (C=O) groups excluding carboxylic acids is 2. The van der Waals surface area contributed by atoms with Crippen molar-refractivity contribution in [2.45, 2.75) is 18.7 Å². The number of hydrogen-bond acceptors (Lipinski definition) is 5. The van der Waals surface area contributed by atoms with Crippen LogP contribution in [0.1, 0.15) is 24.2 Å². The Morgan fingerprint density at radius 2 is 1.90 bits per heavy atom. The second-order valence-electron chi connectivity index (χ2n) is 4.42. The van der Waals surface area contributed by atoms with Crippen molar-refractivity contribution in [3.8, 4) is 0 Å². The van der Waals surface area contributed by atoms with Gasteiger partial charge in [-0.1, -0.05) is 6.07 Å². The highest BCUT2D eigenvalue weighted by Gasteiger charge is 2.19. The van der Waals surface area contributed by atoms with Crippen molar-refractivity contribution in [2.75, 3.05) is 26.0 Å². The summed E-state index contributed by atoms with van der Waals surface area (Å²) in [6.45, 7) is 3.82. The number of carbonyl (C=O) groups is 2. The molecule has 7 heteroatoms. The maximum Gasteiger partial charge on any atom is 0.325 e. The fourth-order valence-electron chi connectivity index (χ4n) is 1.73. The Bertz CT molecular complexity index is 624. The molecule has 0 saturated carbocycles. The van der Waals surface area contributed by atoms with Crippen LogP contribution in [0.15, 0.2) is 29.2 Å². The van der Waals surface area contributed by atoms with E-state index in [1.807, 2.05) is 0 Å². The van der Waals surface area contributed by atoms with Gasteiger partial charge in [0.2, 0.25) is 0 Å². The Kier molecular flexibility index (Phi) is 5.90. The van der Waals surface area contributed by atoms with Crippen molar-refractivity contribution in [3.63, 3.8) is 0 Å². The number of sulfone groups is 1. The predicted octanol–water partition coefficient (Wildman–Crippen LogP) is 1.12. The Hall–Kier alpha value is -1.89. The SMILES string of the molecule is CCOC(=O)CN(CC)C(=O)c1cccc(S(C)(=O)=O)c1. The molecule has 1 aromatic carbocycles. The zero-order chi connectivity index (χ0) is 16.0. The van der Waals surface area contributed by atoms with Gasteiger partial charge in [-0.05, 0) is 32.0 Å². The normalized spacial score (nSPS) is 11.0.